The van der Waals surface area contributed by atoms with Gasteiger partial charge in [0, 0.05) is 38.9 Å². The van der Waals surface area contributed by atoms with Crippen LogP contribution in [0.25, 0.3) is 0 Å². The maximum Gasteiger partial charge on any atom is 0.251 e. The Balaban J connectivity index is 1.60. The number of rotatable bonds is 9. The molecule has 2 aromatic carbocycles. The van der Waals surface area contributed by atoms with Crippen molar-refractivity contribution in [1.82, 2.24) is 15.5 Å². The summed E-state index contributed by atoms with van der Waals surface area (Å²) in [6.07, 6.45) is 2.21. The number of nitrogens with one attached hydrogen (secondary N) is 2. The molecule has 32 heavy (non-hydrogen) atoms. The molecule has 0 aliphatic carbocycles. The van der Waals surface area contributed by atoms with E-state index in [4.69, 9.17) is 14.5 Å². The highest BCUT2D eigenvalue weighted by atomic mass is 16.5. The molecule has 7 nitrogen and oxygen atoms in total. The van der Waals surface area contributed by atoms with E-state index >= 15 is 0 Å². The van der Waals surface area contributed by atoms with Crippen molar-refractivity contribution < 1.29 is 14.3 Å². The van der Waals surface area contributed by atoms with Crippen LogP contribution in [-0.2, 0) is 17.8 Å². The van der Waals surface area contributed by atoms with Crippen LogP contribution < -0.4 is 15.4 Å². The van der Waals surface area contributed by atoms with E-state index in [-0.39, 0.29) is 12.0 Å². The summed E-state index contributed by atoms with van der Waals surface area (Å²) in [6.45, 7) is 5.38. The highest BCUT2D eigenvalue weighted by Crippen LogP contribution is 2.14. The summed E-state index contributed by atoms with van der Waals surface area (Å²) in [5.74, 6) is 1.59. The minimum Gasteiger partial charge on any atom is -0.497 e. The number of methoxy groups -OCH3 is 1. The smallest absolute Gasteiger partial charge is 0.251 e. The fourth-order valence-corrected chi connectivity index (χ4v) is 3.64. The number of carbonyl (C=O) groups excluding carboxylic acids is 1. The van der Waals surface area contributed by atoms with E-state index in [0.29, 0.717) is 18.7 Å². The number of hydrogen-bond acceptors (Lipinski definition) is 4. The molecule has 0 bridgehead atoms. The summed E-state index contributed by atoms with van der Waals surface area (Å²) in [5.41, 5.74) is 2.80. The average Bonchev–Trinajstić information content (AvgIpc) is 3.34. The lowest BCUT2D eigenvalue weighted by Crippen LogP contribution is -2.38. The highest BCUT2D eigenvalue weighted by Gasteiger charge is 2.16. The number of aliphatic imine (C=N–C) groups is 1. The largest absolute Gasteiger partial charge is 0.497 e. The lowest BCUT2D eigenvalue weighted by Gasteiger charge is -2.22. The minimum atomic E-state index is -0.0742. The minimum absolute atomic E-state index is 0.0742. The molecule has 1 unspecified atom stereocenters. The van der Waals surface area contributed by atoms with Gasteiger partial charge in [0.1, 0.15) is 5.75 Å². The second-order valence-corrected chi connectivity index (χ2v) is 7.92. The fraction of sp³-hybridized carbons (Fsp3) is 0.440. The van der Waals surface area contributed by atoms with Crippen molar-refractivity contribution in [2.75, 3.05) is 33.9 Å². The molecule has 1 amide bonds. The van der Waals surface area contributed by atoms with Crippen LogP contribution in [0.3, 0.4) is 0 Å². The van der Waals surface area contributed by atoms with Crippen molar-refractivity contribution in [1.29, 1.82) is 0 Å². The third-order valence-corrected chi connectivity index (χ3v) is 5.39. The zero-order valence-corrected chi connectivity index (χ0v) is 19.3. The fourth-order valence-electron chi connectivity index (χ4n) is 3.64. The maximum absolute atomic E-state index is 12.5. The molecule has 1 saturated heterocycles. The molecule has 2 N–H and O–H groups in total. The number of ether oxygens (including phenoxy) is 2. The van der Waals surface area contributed by atoms with Crippen molar-refractivity contribution in [2.45, 2.75) is 39.0 Å². The molecule has 1 aliphatic rings. The molecule has 1 aliphatic heterocycles. The number of nitrogens with zero attached hydrogens (tertiary/aromatic N) is 2. The van der Waals surface area contributed by atoms with E-state index in [2.05, 4.69) is 34.6 Å². The van der Waals surface area contributed by atoms with Crippen molar-refractivity contribution in [3.8, 4) is 5.75 Å². The van der Waals surface area contributed by atoms with Gasteiger partial charge in [-0.15, -0.1) is 0 Å². The van der Waals surface area contributed by atoms with Crippen LogP contribution in [0.5, 0.6) is 5.75 Å². The van der Waals surface area contributed by atoms with Crippen molar-refractivity contribution >= 4 is 11.9 Å². The van der Waals surface area contributed by atoms with Crippen molar-refractivity contribution in [2.24, 2.45) is 4.99 Å². The summed E-state index contributed by atoms with van der Waals surface area (Å²) >= 11 is 0. The lowest BCUT2D eigenvalue weighted by atomic mass is 10.1. The topological polar surface area (TPSA) is 75.2 Å². The molecule has 1 heterocycles. The molecule has 0 saturated carbocycles. The molecule has 0 aromatic heterocycles. The van der Waals surface area contributed by atoms with E-state index < -0.39 is 0 Å². The predicted octanol–water partition coefficient (Wildman–Crippen LogP) is 3.20. The van der Waals surface area contributed by atoms with Gasteiger partial charge in [-0.1, -0.05) is 24.3 Å². The van der Waals surface area contributed by atoms with Crippen LogP contribution >= 0.6 is 0 Å². The number of carbonyl (C=O) groups is 1. The van der Waals surface area contributed by atoms with Crippen LogP contribution in [0.15, 0.2) is 53.5 Å². The quantitative estimate of drug-likeness (QED) is 0.465. The Labute approximate surface area is 190 Å². The van der Waals surface area contributed by atoms with Gasteiger partial charge in [-0.2, -0.15) is 0 Å². The standard InChI is InChI=1S/C25H34N4O3/c1-4-26-25(29(2)18-19-10-12-22(31-3)13-11-19)28-16-20-7-5-8-21(15-20)24(30)27-17-23-9-6-14-32-23/h5,7-8,10-13,15,23H,4,6,9,14,16-18H2,1-3H3,(H,26,28)(H,27,30). The van der Waals surface area contributed by atoms with Gasteiger partial charge < -0.3 is 25.0 Å². The first kappa shape index (κ1) is 23.6. The normalized spacial score (nSPS) is 16.0. The molecule has 2 aromatic rings. The lowest BCUT2D eigenvalue weighted by molar-refractivity contribution is 0.0857. The molecule has 1 fully saturated rings. The van der Waals surface area contributed by atoms with E-state index in [1.165, 1.54) is 5.56 Å². The summed E-state index contributed by atoms with van der Waals surface area (Å²) in [4.78, 5) is 19.4. The Bertz CT molecular complexity index is 892. The van der Waals surface area contributed by atoms with Crippen molar-refractivity contribution in [3.05, 3.63) is 65.2 Å². The Morgan fingerprint density at radius 1 is 1.19 bits per heavy atom. The monoisotopic (exact) mass is 438 g/mol. The first-order chi connectivity index (χ1) is 15.6. The third-order valence-electron chi connectivity index (χ3n) is 5.39. The summed E-state index contributed by atoms with van der Waals surface area (Å²) < 4.78 is 10.8. The Kier molecular flexibility index (Phi) is 8.92. The Morgan fingerprint density at radius 3 is 2.69 bits per heavy atom. The number of benzene rings is 2. The zero-order valence-electron chi connectivity index (χ0n) is 19.3. The van der Waals surface area contributed by atoms with Gasteiger partial charge in [-0.25, -0.2) is 4.99 Å². The molecular weight excluding hydrogens is 404 g/mol. The van der Waals surface area contributed by atoms with E-state index in [9.17, 15) is 4.79 Å². The van der Waals surface area contributed by atoms with Gasteiger partial charge in [-0.05, 0) is 55.2 Å². The van der Waals surface area contributed by atoms with Gasteiger partial charge in [0.2, 0.25) is 0 Å². The van der Waals surface area contributed by atoms with E-state index in [1.807, 2.05) is 43.4 Å². The predicted molar refractivity (Wildman–Crippen MR) is 127 cm³/mol. The first-order valence-corrected chi connectivity index (χ1v) is 11.2. The molecule has 172 valence electrons. The molecule has 1 atom stereocenters. The summed E-state index contributed by atoms with van der Waals surface area (Å²) in [6, 6.07) is 15.7. The van der Waals surface area contributed by atoms with Crippen LogP contribution in [0.1, 0.15) is 41.3 Å². The second-order valence-electron chi connectivity index (χ2n) is 7.92. The first-order valence-electron chi connectivity index (χ1n) is 11.2. The van der Waals surface area contributed by atoms with Gasteiger partial charge in [0.25, 0.3) is 5.91 Å². The average molecular weight is 439 g/mol. The van der Waals surface area contributed by atoms with Crippen LogP contribution in [0.4, 0.5) is 0 Å². The van der Waals surface area contributed by atoms with E-state index in [0.717, 1.165) is 49.8 Å². The van der Waals surface area contributed by atoms with Gasteiger partial charge >= 0.3 is 0 Å². The number of hydrogen-bond donors (Lipinski definition) is 2. The van der Waals surface area contributed by atoms with Gasteiger partial charge in [0.05, 0.1) is 19.8 Å². The van der Waals surface area contributed by atoms with Crippen LogP contribution in [0.2, 0.25) is 0 Å². The number of guanidine groups is 1. The maximum atomic E-state index is 12.5. The zero-order chi connectivity index (χ0) is 22.8. The van der Waals surface area contributed by atoms with Crippen LogP contribution in [0, 0.1) is 0 Å². The summed E-state index contributed by atoms with van der Waals surface area (Å²) in [7, 11) is 3.68. The van der Waals surface area contributed by atoms with Crippen LogP contribution in [-0.4, -0.2) is 56.7 Å². The number of amides is 1. The van der Waals surface area contributed by atoms with Crippen molar-refractivity contribution in [3.63, 3.8) is 0 Å². The summed E-state index contributed by atoms with van der Waals surface area (Å²) in [5, 5.41) is 6.32. The van der Waals surface area contributed by atoms with E-state index in [1.54, 1.807) is 7.11 Å². The van der Waals surface area contributed by atoms with Gasteiger partial charge in [0.15, 0.2) is 5.96 Å². The Hall–Kier alpha value is -3.06. The molecule has 3 rings (SSSR count). The second kappa shape index (κ2) is 12.1. The molecule has 0 spiro atoms. The SMILES string of the molecule is CCNC(=NCc1cccc(C(=O)NCC2CCCO2)c1)N(C)Cc1ccc(OC)cc1. The Morgan fingerprint density at radius 2 is 2.00 bits per heavy atom. The molecular formula is C25H34N4O3. The molecule has 0 radical (unpaired) electrons. The molecule has 7 heteroatoms. The van der Waals surface area contributed by atoms with Gasteiger partial charge in [-0.3, -0.25) is 4.79 Å². The third kappa shape index (κ3) is 6.99. The highest BCUT2D eigenvalue weighted by molar-refractivity contribution is 5.94.